The smallest absolute Gasteiger partial charge is 0.419 e. The summed E-state index contributed by atoms with van der Waals surface area (Å²) < 4.78 is 45.5. The fraction of sp³-hybridized carbons (Fsp3) is 0.357. The zero-order chi connectivity index (χ0) is 15.3. The fourth-order valence-corrected chi connectivity index (χ4v) is 1.85. The lowest BCUT2D eigenvalue weighted by atomic mass is 10.2. The number of hydrogen-bond donors (Lipinski definition) is 1. The highest BCUT2D eigenvalue weighted by Crippen LogP contribution is 2.37. The highest BCUT2D eigenvalue weighted by atomic mass is 19.4. The molecule has 2 aromatic rings. The van der Waals surface area contributed by atoms with Gasteiger partial charge in [0.25, 0.3) is 0 Å². The lowest BCUT2D eigenvalue weighted by molar-refractivity contribution is -0.138. The molecule has 0 radical (unpaired) electrons. The Labute approximate surface area is 120 Å². The van der Waals surface area contributed by atoms with Gasteiger partial charge in [-0.3, -0.25) is 4.68 Å². The first kappa shape index (κ1) is 15.4. The van der Waals surface area contributed by atoms with Gasteiger partial charge in [-0.1, -0.05) is 12.1 Å². The Morgan fingerprint density at radius 2 is 2.05 bits per heavy atom. The summed E-state index contributed by atoms with van der Waals surface area (Å²) in [6, 6.07) is 5.12. The first-order chi connectivity index (χ1) is 10.0. The van der Waals surface area contributed by atoms with Gasteiger partial charge in [0.15, 0.2) is 5.75 Å². The molecule has 0 spiro atoms. The van der Waals surface area contributed by atoms with E-state index in [4.69, 9.17) is 4.74 Å². The minimum absolute atomic E-state index is 0.222. The third-order valence-electron chi connectivity index (χ3n) is 2.84. The van der Waals surface area contributed by atoms with E-state index in [2.05, 4.69) is 10.4 Å². The van der Waals surface area contributed by atoms with Gasteiger partial charge in [0, 0.05) is 6.54 Å². The molecule has 1 N–H and O–H groups in total. The molecule has 0 aliphatic heterocycles. The summed E-state index contributed by atoms with van der Waals surface area (Å²) >= 11 is 0. The number of benzene rings is 1. The summed E-state index contributed by atoms with van der Waals surface area (Å²) in [5, 5.41) is 7.07. The van der Waals surface area contributed by atoms with E-state index in [1.165, 1.54) is 24.4 Å². The molecule has 0 bridgehead atoms. The van der Waals surface area contributed by atoms with Gasteiger partial charge in [-0.25, -0.2) is 0 Å². The third-order valence-corrected chi connectivity index (χ3v) is 2.84. The molecule has 2 rings (SSSR count). The van der Waals surface area contributed by atoms with Crippen LogP contribution in [0, 0.1) is 0 Å². The summed E-state index contributed by atoms with van der Waals surface area (Å²) in [5.41, 5.74) is -0.798. The Bertz CT molecular complexity index is 581. The van der Waals surface area contributed by atoms with E-state index in [1.807, 2.05) is 7.05 Å². The van der Waals surface area contributed by atoms with Crippen LogP contribution in [0.1, 0.15) is 12.0 Å². The van der Waals surface area contributed by atoms with Crippen molar-refractivity contribution < 1.29 is 17.9 Å². The van der Waals surface area contributed by atoms with Crippen LogP contribution in [0.5, 0.6) is 11.5 Å². The monoisotopic (exact) mass is 299 g/mol. The first-order valence-corrected chi connectivity index (χ1v) is 6.52. The molecule has 114 valence electrons. The summed E-state index contributed by atoms with van der Waals surface area (Å²) in [7, 11) is 1.85. The number of ether oxygens (including phenoxy) is 1. The Morgan fingerprint density at radius 1 is 1.29 bits per heavy atom. The zero-order valence-electron chi connectivity index (χ0n) is 11.5. The molecule has 7 heteroatoms. The van der Waals surface area contributed by atoms with Gasteiger partial charge in [0.1, 0.15) is 5.75 Å². The molecule has 0 atom stereocenters. The van der Waals surface area contributed by atoms with Crippen molar-refractivity contribution in [1.82, 2.24) is 15.1 Å². The standard InChI is InChI=1S/C14H16F3N3O/c1-18-7-4-8-20-10-11(9-19-20)21-13-6-3-2-5-12(13)14(15,16)17/h2-3,5-6,9-10,18H,4,7-8H2,1H3. The van der Waals surface area contributed by atoms with Crippen molar-refractivity contribution in [2.75, 3.05) is 13.6 Å². The van der Waals surface area contributed by atoms with E-state index in [0.29, 0.717) is 6.54 Å². The van der Waals surface area contributed by atoms with Gasteiger partial charge in [0.2, 0.25) is 0 Å². The number of nitrogens with one attached hydrogen (secondary N) is 1. The van der Waals surface area contributed by atoms with Crippen LogP contribution >= 0.6 is 0 Å². The molecule has 0 saturated heterocycles. The van der Waals surface area contributed by atoms with Crippen LogP contribution < -0.4 is 10.1 Å². The summed E-state index contributed by atoms with van der Waals surface area (Å²) in [6.45, 7) is 1.51. The number of nitrogens with zero attached hydrogens (tertiary/aromatic N) is 2. The predicted octanol–water partition coefficient (Wildman–Crippen LogP) is 3.30. The lowest BCUT2D eigenvalue weighted by Crippen LogP contribution is -2.11. The minimum Gasteiger partial charge on any atom is -0.453 e. The summed E-state index contributed by atoms with van der Waals surface area (Å²) in [4.78, 5) is 0. The Hall–Kier alpha value is -2.02. The second-order valence-corrected chi connectivity index (χ2v) is 4.49. The van der Waals surface area contributed by atoms with Crippen molar-refractivity contribution in [1.29, 1.82) is 0 Å². The van der Waals surface area contributed by atoms with Crippen LogP contribution in [0.3, 0.4) is 0 Å². The number of aryl methyl sites for hydroxylation is 1. The molecule has 0 unspecified atom stereocenters. The number of aromatic nitrogens is 2. The Balaban J connectivity index is 2.09. The van der Waals surface area contributed by atoms with Gasteiger partial charge in [-0.15, -0.1) is 0 Å². The van der Waals surface area contributed by atoms with Crippen molar-refractivity contribution in [2.45, 2.75) is 19.1 Å². The molecule has 4 nitrogen and oxygen atoms in total. The second-order valence-electron chi connectivity index (χ2n) is 4.49. The van der Waals surface area contributed by atoms with Crippen LogP contribution in [0.4, 0.5) is 13.2 Å². The van der Waals surface area contributed by atoms with Crippen molar-refractivity contribution in [3.05, 3.63) is 42.2 Å². The van der Waals surface area contributed by atoms with Gasteiger partial charge < -0.3 is 10.1 Å². The molecule has 1 heterocycles. The first-order valence-electron chi connectivity index (χ1n) is 6.52. The van der Waals surface area contributed by atoms with Crippen molar-refractivity contribution in [3.8, 4) is 11.5 Å². The number of hydrogen-bond acceptors (Lipinski definition) is 3. The lowest BCUT2D eigenvalue weighted by Gasteiger charge is -2.12. The van der Waals surface area contributed by atoms with Crippen molar-refractivity contribution in [2.24, 2.45) is 0 Å². The summed E-state index contributed by atoms with van der Waals surface area (Å²) in [5.74, 6) is 0.0657. The van der Waals surface area contributed by atoms with Crippen molar-refractivity contribution in [3.63, 3.8) is 0 Å². The van der Waals surface area contributed by atoms with Crippen LogP contribution in [-0.2, 0) is 12.7 Å². The molecule has 1 aromatic heterocycles. The maximum absolute atomic E-state index is 12.9. The Morgan fingerprint density at radius 3 is 2.76 bits per heavy atom. The number of rotatable bonds is 6. The van der Waals surface area contributed by atoms with Gasteiger partial charge >= 0.3 is 6.18 Å². The van der Waals surface area contributed by atoms with E-state index < -0.39 is 11.7 Å². The highest BCUT2D eigenvalue weighted by Gasteiger charge is 2.34. The average molecular weight is 299 g/mol. The van der Waals surface area contributed by atoms with Crippen LogP contribution in [-0.4, -0.2) is 23.4 Å². The largest absolute Gasteiger partial charge is 0.453 e. The molecular weight excluding hydrogens is 283 g/mol. The molecule has 0 aliphatic carbocycles. The van der Waals surface area contributed by atoms with Crippen molar-refractivity contribution >= 4 is 0 Å². The molecule has 0 amide bonds. The highest BCUT2D eigenvalue weighted by molar-refractivity contribution is 5.38. The molecule has 0 saturated carbocycles. The molecule has 0 fully saturated rings. The summed E-state index contributed by atoms with van der Waals surface area (Å²) in [6.07, 6.45) is -0.578. The average Bonchev–Trinajstić information content (AvgIpc) is 2.86. The molecule has 0 aliphatic rings. The molecule has 1 aromatic carbocycles. The Kier molecular flexibility index (Phi) is 4.85. The van der Waals surface area contributed by atoms with Gasteiger partial charge in [0.05, 0.1) is 18.0 Å². The number of alkyl halides is 3. The normalized spacial score (nSPS) is 11.6. The van der Waals surface area contributed by atoms with Crippen LogP contribution in [0.25, 0.3) is 0 Å². The van der Waals surface area contributed by atoms with Crippen LogP contribution in [0.2, 0.25) is 0 Å². The number of para-hydroxylation sites is 1. The molecule has 21 heavy (non-hydrogen) atoms. The van der Waals surface area contributed by atoms with E-state index >= 15 is 0 Å². The minimum atomic E-state index is -4.45. The maximum Gasteiger partial charge on any atom is 0.419 e. The topological polar surface area (TPSA) is 39.1 Å². The fourth-order valence-electron chi connectivity index (χ4n) is 1.85. The predicted molar refractivity (Wildman–Crippen MR) is 72.3 cm³/mol. The van der Waals surface area contributed by atoms with Crippen LogP contribution in [0.15, 0.2) is 36.7 Å². The third kappa shape index (κ3) is 4.22. The quantitative estimate of drug-likeness (QED) is 0.832. The zero-order valence-corrected chi connectivity index (χ0v) is 11.5. The van der Waals surface area contributed by atoms with Gasteiger partial charge in [-0.05, 0) is 32.1 Å². The maximum atomic E-state index is 12.9. The van der Waals surface area contributed by atoms with E-state index in [9.17, 15) is 13.2 Å². The molecular formula is C14H16F3N3O. The second kappa shape index (κ2) is 6.62. The number of halogens is 3. The van der Waals surface area contributed by atoms with E-state index in [0.717, 1.165) is 19.0 Å². The van der Waals surface area contributed by atoms with Gasteiger partial charge in [-0.2, -0.15) is 18.3 Å². The SMILES string of the molecule is CNCCCn1cc(Oc2ccccc2C(F)(F)F)cn1. The van der Waals surface area contributed by atoms with E-state index in [1.54, 1.807) is 10.9 Å². The van der Waals surface area contributed by atoms with E-state index in [-0.39, 0.29) is 11.5 Å².